The molecule has 0 fully saturated rings. The van der Waals surface area contributed by atoms with Crippen LogP contribution in [-0.4, -0.2) is 19.1 Å². The first-order chi connectivity index (χ1) is 7.41. The largest absolute Gasteiger partial charge is 0.468 e. The highest BCUT2D eigenvalue weighted by Gasteiger charge is 2.45. The van der Waals surface area contributed by atoms with Gasteiger partial charge in [0.25, 0.3) is 5.92 Å². The number of alkyl halides is 2. The van der Waals surface area contributed by atoms with Crippen molar-refractivity contribution in [3.8, 4) is 0 Å². The van der Waals surface area contributed by atoms with E-state index in [-0.39, 0.29) is 5.02 Å². The number of esters is 1. The molecule has 0 saturated carbocycles. The van der Waals surface area contributed by atoms with E-state index in [0.717, 1.165) is 13.2 Å². The monoisotopic (exact) mass is 249 g/mol. The van der Waals surface area contributed by atoms with E-state index >= 15 is 0 Å². The van der Waals surface area contributed by atoms with Crippen LogP contribution in [0.1, 0.15) is 5.56 Å². The van der Waals surface area contributed by atoms with Crippen LogP contribution in [-0.2, 0) is 15.5 Å². The molecule has 3 nitrogen and oxygen atoms in total. The van der Waals surface area contributed by atoms with E-state index < -0.39 is 23.5 Å². The van der Waals surface area contributed by atoms with Crippen molar-refractivity contribution < 1.29 is 18.3 Å². The number of ether oxygens (including phenoxy) is 1. The first-order valence-corrected chi connectivity index (χ1v) is 4.75. The summed E-state index contributed by atoms with van der Waals surface area (Å²) in [6.07, 6.45) is 0. The fourth-order valence-electron chi connectivity index (χ4n) is 1.17. The Hall–Kier alpha value is -1.20. The molecule has 2 N–H and O–H groups in total. The lowest BCUT2D eigenvalue weighted by molar-refractivity contribution is -0.153. The van der Waals surface area contributed by atoms with Crippen molar-refractivity contribution in [1.82, 2.24) is 0 Å². The van der Waals surface area contributed by atoms with Crippen molar-refractivity contribution >= 4 is 17.6 Å². The Bertz CT molecular complexity index is 398. The third-order valence-corrected chi connectivity index (χ3v) is 2.41. The van der Waals surface area contributed by atoms with Gasteiger partial charge in [0.2, 0.25) is 0 Å². The number of carbonyl (C=O) groups excluding carboxylic acids is 1. The minimum absolute atomic E-state index is 0.146. The molecule has 0 amide bonds. The summed E-state index contributed by atoms with van der Waals surface area (Å²) in [6, 6.07) is 3.24. The number of halogens is 3. The van der Waals surface area contributed by atoms with Crippen LogP contribution in [0.4, 0.5) is 8.78 Å². The van der Waals surface area contributed by atoms with E-state index in [1.807, 2.05) is 0 Å². The molecule has 0 aliphatic rings. The Balaban J connectivity index is 3.11. The molecule has 6 heteroatoms. The fourth-order valence-corrected chi connectivity index (χ4v) is 1.44. The molecular weight excluding hydrogens is 240 g/mol. The van der Waals surface area contributed by atoms with E-state index in [1.165, 1.54) is 18.2 Å². The maximum Gasteiger partial charge on any atom is 0.329 e. The van der Waals surface area contributed by atoms with Gasteiger partial charge in [0.1, 0.15) is 0 Å². The Morgan fingerprint density at radius 3 is 2.56 bits per heavy atom. The normalized spacial score (nSPS) is 13.3. The number of benzene rings is 1. The van der Waals surface area contributed by atoms with Crippen molar-refractivity contribution in [2.24, 2.45) is 5.73 Å². The summed E-state index contributed by atoms with van der Waals surface area (Å²) >= 11 is 5.61. The van der Waals surface area contributed by atoms with Gasteiger partial charge in [-0.05, 0) is 6.07 Å². The van der Waals surface area contributed by atoms with E-state index in [9.17, 15) is 13.6 Å². The van der Waals surface area contributed by atoms with Gasteiger partial charge in [0.15, 0.2) is 6.04 Å². The number of methoxy groups -OCH3 is 1. The molecule has 0 aliphatic heterocycles. The van der Waals surface area contributed by atoms with Gasteiger partial charge in [-0.25, -0.2) is 0 Å². The van der Waals surface area contributed by atoms with Gasteiger partial charge in [-0.1, -0.05) is 29.8 Å². The smallest absolute Gasteiger partial charge is 0.329 e. The molecule has 1 aromatic carbocycles. The zero-order valence-electron chi connectivity index (χ0n) is 8.41. The summed E-state index contributed by atoms with van der Waals surface area (Å²) in [5.41, 5.74) is 4.63. The van der Waals surface area contributed by atoms with E-state index in [0.29, 0.717) is 0 Å². The lowest BCUT2D eigenvalue weighted by Crippen LogP contribution is -2.45. The highest BCUT2D eigenvalue weighted by atomic mass is 35.5. The average Bonchev–Trinajstić information content (AvgIpc) is 2.27. The van der Waals surface area contributed by atoms with Crippen LogP contribution >= 0.6 is 11.6 Å². The SMILES string of the molecule is COC(=O)C(N)C(F)(F)c1ccccc1Cl. The van der Waals surface area contributed by atoms with Crippen LogP contribution in [0.25, 0.3) is 0 Å². The van der Waals surface area contributed by atoms with Crippen LogP contribution in [0, 0.1) is 0 Å². The summed E-state index contributed by atoms with van der Waals surface area (Å²) in [7, 11) is 0.991. The summed E-state index contributed by atoms with van der Waals surface area (Å²) in [4.78, 5) is 11.0. The first-order valence-electron chi connectivity index (χ1n) is 4.37. The van der Waals surface area contributed by atoms with E-state index in [2.05, 4.69) is 4.74 Å². The summed E-state index contributed by atoms with van der Waals surface area (Å²) in [6.45, 7) is 0. The quantitative estimate of drug-likeness (QED) is 0.833. The van der Waals surface area contributed by atoms with Gasteiger partial charge < -0.3 is 10.5 Å². The van der Waals surface area contributed by atoms with Crippen LogP contribution in [0.3, 0.4) is 0 Å². The third kappa shape index (κ3) is 2.31. The predicted octanol–water partition coefficient (Wildman–Crippen LogP) is 1.93. The lowest BCUT2D eigenvalue weighted by atomic mass is 10.0. The molecule has 0 aliphatic carbocycles. The summed E-state index contributed by atoms with van der Waals surface area (Å²) < 4.78 is 31.6. The fraction of sp³-hybridized carbons (Fsp3) is 0.300. The maximum atomic E-state index is 13.7. The van der Waals surface area contributed by atoms with Crippen molar-refractivity contribution in [3.63, 3.8) is 0 Å². The van der Waals surface area contributed by atoms with Crippen molar-refractivity contribution in [2.75, 3.05) is 7.11 Å². The van der Waals surface area contributed by atoms with Crippen LogP contribution in [0.5, 0.6) is 0 Å². The molecule has 1 aromatic rings. The number of carbonyl (C=O) groups is 1. The number of nitrogens with two attached hydrogens (primary N) is 1. The van der Waals surface area contributed by atoms with E-state index in [4.69, 9.17) is 17.3 Å². The zero-order valence-corrected chi connectivity index (χ0v) is 9.17. The van der Waals surface area contributed by atoms with Gasteiger partial charge in [-0.3, -0.25) is 4.79 Å². The Morgan fingerprint density at radius 2 is 2.06 bits per heavy atom. The second-order valence-corrected chi connectivity index (χ2v) is 3.51. The minimum Gasteiger partial charge on any atom is -0.468 e. The van der Waals surface area contributed by atoms with Gasteiger partial charge >= 0.3 is 5.97 Å². The Morgan fingerprint density at radius 1 is 1.50 bits per heavy atom. The highest BCUT2D eigenvalue weighted by Crippen LogP contribution is 2.35. The average molecular weight is 250 g/mol. The topological polar surface area (TPSA) is 52.3 Å². The summed E-state index contributed by atoms with van der Waals surface area (Å²) in [5, 5.41) is -0.146. The predicted molar refractivity (Wildman–Crippen MR) is 55.3 cm³/mol. The highest BCUT2D eigenvalue weighted by molar-refractivity contribution is 6.31. The van der Waals surface area contributed by atoms with Crippen LogP contribution in [0.2, 0.25) is 5.02 Å². The molecule has 88 valence electrons. The molecule has 0 heterocycles. The van der Waals surface area contributed by atoms with Gasteiger partial charge in [-0.2, -0.15) is 8.78 Å². The molecule has 1 rings (SSSR count). The standard InChI is InChI=1S/C10H10ClF2NO2/c1-16-9(15)8(14)10(12,13)6-4-2-3-5-7(6)11/h2-5,8H,14H2,1H3. The van der Waals surface area contributed by atoms with Crippen LogP contribution < -0.4 is 5.73 Å². The zero-order chi connectivity index (χ0) is 12.3. The maximum absolute atomic E-state index is 13.7. The van der Waals surface area contributed by atoms with Gasteiger partial charge in [0, 0.05) is 10.6 Å². The first kappa shape index (κ1) is 12.9. The molecule has 1 unspecified atom stereocenters. The minimum atomic E-state index is -3.56. The Labute approximate surface area is 96.1 Å². The molecule has 0 saturated heterocycles. The molecule has 0 radical (unpaired) electrons. The summed E-state index contributed by atoms with van der Waals surface area (Å²) in [5.74, 6) is -4.75. The van der Waals surface area contributed by atoms with Crippen molar-refractivity contribution in [3.05, 3.63) is 34.9 Å². The second-order valence-electron chi connectivity index (χ2n) is 3.10. The lowest BCUT2D eigenvalue weighted by Gasteiger charge is -2.22. The van der Waals surface area contributed by atoms with Gasteiger partial charge in [0.05, 0.1) is 7.11 Å². The number of hydrogen-bond acceptors (Lipinski definition) is 3. The second kappa shape index (κ2) is 4.76. The van der Waals surface area contributed by atoms with Gasteiger partial charge in [-0.15, -0.1) is 0 Å². The molecule has 0 spiro atoms. The number of rotatable bonds is 3. The molecule has 0 aromatic heterocycles. The van der Waals surface area contributed by atoms with Crippen LogP contribution in [0.15, 0.2) is 24.3 Å². The van der Waals surface area contributed by atoms with E-state index in [1.54, 1.807) is 0 Å². The molecule has 0 bridgehead atoms. The molecule has 1 atom stereocenters. The molecule has 16 heavy (non-hydrogen) atoms. The molecular formula is C10H10ClF2NO2. The number of hydrogen-bond donors (Lipinski definition) is 1. The van der Waals surface area contributed by atoms with Crippen molar-refractivity contribution in [1.29, 1.82) is 0 Å². The van der Waals surface area contributed by atoms with Crippen molar-refractivity contribution in [2.45, 2.75) is 12.0 Å². The Kier molecular flexibility index (Phi) is 3.83. The third-order valence-electron chi connectivity index (χ3n) is 2.08.